The molecule has 6 heteroatoms. The van der Waals surface area contributed by atoms with Crippen molar-refractivity contribution in [2.75, 3.05) is 33.4 Å². The first-order chi connectivity index (χ1) is 14.0. The van der Waals surface area contributed by atoms with E-state index in [1.807, 2.05) is 19.1 Å². The minimum absolute atomic E-state index is 0.220. The Morgan fingerprint density at radius 3 is 2.55 bits per heavy atom. The van der Waals surface area contributed by atoms with E-state index in [-0.39, 0.29) is 11.9 Å². The number of carbonyl (C=O) groups excluding carboxylic acids is 1. The van der Waals surface area contributed by atoms with Gasteiger partial charge in [0.2, 0.25) is 0 Å². The van der Waals surface area contributed by atoms with Gasteiger partial charge in [0.25, 0.3) is 0 Å². The molecular weight excluding hydrogens is 402 g/mol. The van der Waals surface area contributed by atoms with Gasteiger partial charge in [0.05, 0.1) is 31.2 Å². The Morgan fingerprint density at radius 2 is 1.90 bits per heavy atom. The lowest BCUT2D eigenvalue weighted by Crippen LogP contribution is -2.40. The number of morpholine rings is 1. The standard InChI is InChI=1S/C23H27NO3S2/c1-16-4-9-21(19(14-16)15-22(28)24-10-12-27-13-11-24)29-20-7-5-18(6-8-20)17(2)23(25)26-3/h4-9,14,17H,10-13,15H2,1-3H3. The second-order valence-electron chi connectivity index (χ2n) is 7.20. The molecule has 1 atom stereocenters. The molecule has 1 unspecified atom stereocenters. The molecule has 0 amide bonds. The summed E-state index contributed by atoms with van der Waals surface area (Å²) in [6.45, 7) is 7.19. The molecule has 2 aromatic carbocycles. The van der Waals surface area contributed by atoms with Gasteiger partial charge in [-0.1, -0.05) is 53.8 Å². The van der Waals surface area contributed by atoms with Gasteiger partial charge in [0, 0.05) is 29.3 Å². The zero-order chi connectivity index (χ0) is 20.8. The second kappa shape index (κ2) is 10.2. The molecule has 3 rings (SSSR count). The maximum Gasteiger partial charge on any atom is 0.312 e. The van der Waals surface area contributed by atoms with Crippen molar-refractivity contribution in [3.8, 4) is 0 Å². The van der Waals surface area contributed by atoms with E-state index in [2.05, 4.69) is 42.2 Å². The highest BCUT2D eigenvalue weighted by molar-refractivity contribution is 7.99. The molecule has 0 aromatic heterocycles. The quantitative estimate of drug-likeness (QED) is 0.493. The summed E-state index contributed by atoms with van der Waals surface area (Å²) in [5, 5.41) is 0. The summed E-state index contributed by atoms with van der Waals surface area (Å²) in [5.41, 5.74) is 3.44. The van der Waals surface area contributed by atoms with Gasteiger partial charge in [0.15, 0.2) is 0 Å². The number of thiocarbonyl (C=S) groups is 1. The van der Waals surface area contributed by atoms with Crippen LogP contribution >= 0.6 is 24.0 Å². The van der Waals surface area contributed by atoms with Crippen LogP contribution in [-0.2, 0) is 20.7 Å². The molecule has 1 heterocycles. The summed E-state index contributed by atoms with van der Waals surface area (Å²) in [7, 11) is 1.42. The van der Waals surface area contributed by atoms with Crippen molar-refractivity contribution in [3.63, 3.8) is 0 Å². The third-order valence-electron chi connectivity index (χ3n) is 5.08. The molecule has 0 aliphatic carbocycles. The number of ether oxygens (including phenoxy) is 2. The summed E-state index contributed by atoms with van der Waals surface area (Å²) in [6.07, 6.45) is 0.761. The van der Waals surface area contributed by atoms with Crippen molar-refractivity contribution in [1.29, 1.82) is 0 Å². The fraction of sp³-hybridized carbons (Fsp3) is 0.391. The number of hydrogen-bond acceptors (Lipinski definition) is 5. The first-order valence-corrected chi connectivity index (χ1v) is 11.0. The summed E-state index contributed by atoms with van der Waals surface area (Å²) in [5.74, 6) is -0.484. The highest BCUT2D eigenvalue weighted by atomic mass is 32.2. The lowest BCUT2D eigenvalue weighted by molar-refractivity contribution is -0.141. The van der Waals surface area contributed by atoms with Gasteiger partial charge >= 0.3 is 5.97 Å². The number of rotatable bonds is 6. The molecular formula is C23H27NO3S2. The van der Waals surface area contributed by atoms with Gasteiger partial charge in [-0.3, -0.25) is 4.79 Å². The summed E-state index contributed by atoms with van der Waals surface area (Å²) in [4.78, 5) is 17.3. The molecule has 0 N–H and O–H groups in total. The van der Waals surface area contributed by atoms with Gasteiger partial charge in [-0.25, -0.2) is 0 Å². The van der Waals surface area contributed by atoms with Crippen LogP contribution in [0.15, 0.2) is 52.3 Å². The fourth-order valence-electron chi connectivity index (χ4n) is 3.30. The molecule has 1 fully saturated rings. The topological polar surface area (TPSA) is 38.8 Å². The Hall–Kier alpha value is -1.89. The SMILES string of the molecule is COC(=O)C(C)c1ccc(Sc2ccc(C)cc2CC(=S)N2CCOCC2)cc1. The number of benzene rings is 2. The van der Waals surface area contributed by atoms with Gasteiger partial charge in [0.1, 0.15) is 0 Å². The Bertz CT molecular complexity index is 861. The number of hydrogen-bond donors (Lipinski definition) is 0. The van der Waals surface area contributed by atoms with E-state index in [9.17, 15) is 4.79 Å². The van der Waals surface area contributed by atoms with Crippen molar-refractivity contribution < 1.29 is 14.3 Å². The minimum Gasteiger partial charge on any atom is -0.469 e. The normalized spacial score (nSPS) is 15.1. The predicted molar refractivity (Wildman–Crippen MR) is 121 cm³/mol. The molecule has 29 heavy (non-hydrogen) atoms. The van der Waals surface area contributed by atoms with E-state index in [0.717, 1.165) is 48.2 Å². The largest absolute Gasteiger partial charge is 0.469 e. The van der Waals surface area contributed by atoms with Crippen molar-refractivity contribution in [3.05, 3.63) is 59.2 Å². The van der Waals surface area contributed by atoms with Gasteiger partial charge in [-0.05, 0) is 43.2 Å². The summed E-state index contributed by atoms with van der Waals surface area (Å²) >= 11 is 7.45. The average Bonchev–Trinajstić information content (AvgIpc) is 2.75. The highest BCUT2D eigenvalue weighted by Crippen LogP contribution is 2.33. The van der Waals surface area contributed by atoms with E-state index in [0.29, 0.717) is 0 Å². The van der Waals surface area contributed by atoms with Crippen LogP contribution in [0, 0.1) is 6.92 Å². The van der Waals surface area contributed by atoms with Crippen LogP contribution in [-0.4, -0.2) is 49.3 Å². The van der Waals surface area contributed by atoms with E-state index >= 15 is 0 Å². The monoisotopic (exact) mass is 429 g/mol. The first kappa shape index (κ1) is 21.8. The zero-order valence-electron chi connectivity index (χ0n) is 17.1. The molecule has 2 aromatic rings. The van der Waals surface area contributed by atoms with E-state index in [4.69, 9.17) is 21.7 Å². The third kappa shape index (κ3) is 5.81. The summed E-state index contributed by atoms with van der Waals surface area (Å²) in [6, 6.07) is 14.6. The molecule has 1 aliphatic heterocycles. The van der Waals surface area contributed by atoms with Crippen molar-refractivity contribution in [1.82, 2.24) is 4.90 Å². The average molecular weight is 430 g/mol. The first-order valence-electron chi connectivity index (χ1n) is 9.78. The van der Waals surface area contributed by atoms with Crippen LogP contribution in [0.3, 0.4) is 0 Å². The highest BCUT2D eigenvalue weighted by Gasteiger charge is 2.17. The van der Waals surface area contributed by atoms with Crippen LogP contribution in [0.1, 0.15) is 29.5 Å². The van der Waals surface area contributed by atoms with E-state index in [1.54, 1.807) is 11.8 Å². The molecule has 1 saturated heterocycles. The number of nitrogens with zero attached hydrogens (tertiary/aromatic N) is 1. The number of methoxy groups -OCH3 is 1. The molecule has 0 bridgehead atoms. The van der Waals surface area contributed by atoms with Crippen LogP contribution in [0.5, 0.6) is 0 Å². The maximum atomic E-state index is 11.7. The summed E-state index contributed by atoms with van der Waals surface area (Å²) < 4.78 is 10.3. The number of aryl methyl sites for hydroxylation is 1. The predicted octanol–water partition coefficient (Wildman–Crippen LogP) is 4.62. The van der Waals surface area contributed by atoms with Crippen LogP contribution in [0.25, 0.3) is 0 Å². The number of carbonyl (C=O) groups is 1. The van der Waals surface area contributed by atoms with E-state index < -0.39 is 0 Å². The Morgan fingerprint density at radius 1 is 1.21 bits per heavy atom. The molecule has 154 valence electrons. The molecule has 0 spiro atoms. The minimum atomic E-state index is -0.264. The van der Waals surface area contributed by atoms with E-state index in [1.165, 1.54) is 23.1 Å². The van der Waals surface area contributed by atoms with Crippen molar-refractivity contribution in [2.24, 2.45) is 0 Å². The van der Waals surface area contributed by atoms with Gasteiger partial charge < -0.3 is 14.4 Å². The lowest BCUT2D eigenvalue weighted by atomic mass is 10.0. The Labute approximate surface area is 182 Å². The third-order valence-corrected chi connectivity index (χ3v) is 6.61. The lowest BCUT2D eigenvalue weighted by Gasteiger charge is -2.29. The molecule has 4 nitrogen and oxygen atoms in total. The van der Waals surface area contributed by atoms with Crippen LogP contribution < -0.4 is 0 Å². The van der Waals surface area contributed by atoms with Crippen molar-refractivity contribution >= 4 is 34.9 Å². The molecule has 0 radical (unpaired) electrons. The Balaban J connectivity index is 1.73. The zero-order valence-corrected chi connectivity index (χ0v) is 18.8. The van der Waals surface area contributed by atoms with Crippen molar-refractivity contribution in [2.45, 2.75) is 36.0 Å². The molecule has 0 saturated carbocycles. The van der Waals surface area contributed by atoms with Gasteiger partial charge in [-0.2, -0.15) is 0 Å². The Kier molecular flexibility index (Phi) is 7.70. The molecule has 1 aliphatic rings. The fourth-order valence-corrected chi connectivity index (χ4v) is 4.56. The van der Waals surface area contributed by atoms with Crippen LogP contribution in [0.2, 0.25) is 0 Å². The maximum absolute atomic E-state index is 11.7. The van der Waals surface area contributed by atoms with Gasteiger partial charge in [-0.15, -0.1) is 0 Å². The smallest absolute Gasteiger partial charge is 0.312 e. The number of esters is 1. The van der Waals surface area contributed by atoms with Crippen LogP contribution in [0.4, 0.5) is 0 Å². The second-order valence-corrected chi connectivity index (χ2v) is 8.78.